The quantitative estimate of drug-likeness (QED) is 0.131. The van der Waals surface area contributed by atoms with Crippen LogP contribution in [0.2, 0.25) is 0 Å². The van der Waals surface area contributed by atoms with Crippen molar-refractivity contribution >= 4 is 0 Å². The molecule has 2 rings (SSSR count). The monoisotopic (exact) mass is 480 g/mol. The first-order valence-corrected chi connectivity index (χ1v) is 12.1. The van der Waals surface area contributed by atoms with Crippen molar-refractivity contribution < 1.29 is 27.0 Å². The van der Waals surface area contributed by atoms with E-state index in [1.807, 2.05) is 6.92 Å². The lowest BCUT2D eigenvalue weighted by molar-refractivity contribution is -0.197. The van der Waals surface area contributed by atoms with Crippen molar-refractivity contribution in [3.63, 3.8) is 0 Å². The second kappa shape index (κ2) is 15.0. The molecule has 0 saturated carbocycles. The van der Waals surface area contributed by atoms with Gasteiger partial charge in [0.1, 0.15) is 6.17 Å². The molecule has 0 radical (unpaired) electrons. The van der Waals surface area contributed by atoms with Crippen molar-refractivity contribution in [3.05, 3.63) is 59.0 Å². The fourth-order valence-electron chi connectivity index (χ4n) is 3.96. The Morgan fingerprint density at radius 2 is 1.94 bits per heavy atom. The average molecular weight is 481 g/mol. The number of halogens is 4. The second-order valence-corrected chi connectivity index (χ2v) is 8.73. The fraction of sp³-hybridized carbons (Fsp3) is 0.571. The highest BCUT2D eigenvalue weighted by atomic mass is 19.2. The molecule has 1 fully saturated rings. The summed E-state index contributed by atoms with van der Waals surface area (Å²) in [6, 6.07) is 0. The third-order valence-corrected chi connectivity index (χ3v) is 6.04. The standard InChI is InChI=1S/C28H36F4O2/c1-4-7-8-10-28-33-18-24(19-34-28)23(17-29)14-13-22-16-27(32)26(31)15-21(22)12-11-20(9-5-2)25(30)6-3/h3,11-14,16-17,24-28H,4-5,7-10,15,18-19H2,1-2H3/b14-13-,20-11-,21-12+,23-17-. The van der Waals surface area contributed by atoms with Crippen LogP contribution in [0.4, 0.5) is 17.6 Å². The highest BCUT2D eigenvalue weighted by Gasteiger charge is 2.27. The SMILES string of the molecule is C#CC(F)/C(=C\C=C1/CC(F)C(F)C=C1/C=C\C(=C\F)C1COC(CCCCC)OC1)CCC. The molecule has 0 aromatic rings. The molecule has 1 heterocycles. The van der Waals surface area contributed by atoms with Crippen LogP contribution in [0, 0.1) is 18.3 Å². The van der Waals surface area contributed by atoms with Gasteiger partial charge in [0, 0.05) is 12.3 Å². The molecule has 0 aromatic carbocycles. The van der Waals surface area contributed by atoms with Gasteiger partial charge in [0.2, 0.25) is 0 Å². The van der Waals surface area contributed by atoms with E-state index in [4.69, 9.17) is 15.9 Å². The normalized spacial score (nSPS) is 28.7. The first-order chi connectivity index (χ1) is 16.4. The number of allylic oxidation sites excluding steroid dienone is 8. The van der Waals surface area contributed by atoms with Crippen molar-refractivity contribution in [3.8, 4) is 12.3 Å². The zero-order valence-electron chi connectivity index (χ0n) is 20.1. The summed E-state index contributed by atoms with van der Waals surface area (Å²) < 4.78 is 67.3. The Hall–Kier alpha value is -2.10. The Morgan fingerprint density at radius 1 is 1.21 bits per heavy atom. The number of ether oxygens (including phenoxy) is 2. The van der Waals surface area contributed by atoms with Crippen LogP contribution >= 0.6 is 0 Å². The van der Waals surface area contributed by atoms with Crippen molar-refractivity contribution in [1.29, 1.82) is 0 Å². The molecule has 0 spiro atoms. The summed E-state index contributed by atoms with van der Waals surface area (Å²) in [5, 5.41) is 0. The number of alkyl halides is 3. The third-order valence-electron chi connectivity index (χ3n) is 6.04. The highest BCUT2D eigenvalue weighted by molar-refractivity contribution is 5.47. The molecular weight excluding hydrogens is 444 g/mol. The van der Waals surface area contributed by atoms with Crippen LogP contribution in [0.3, 0.4) is 0 Å². The Morgan fingerprint density at radius 3 is 2.56 bits per heavy atom. The minimum absolute atomic E-state index is 0.163. The number of unbranched alkanes of at least 4 members (excludes halogenated alkanes) is 2. The van der Waals surface area contributed by atoms with E-state index < -0.39 is 18.5 Å². The summed E-state index contributed by atoms with van der Waals surface area (Å²) in [5.41, 5.74) is 1.69. The minimum Gasteiger partial charge on any atom is -0.352 e. The van der Waals surface area contributed by atoms with Crippen LogP contribution in [-0.4, -0.2) is 38.0 Å². The van der Waals surface area contributed by atoms with Gasteiger partial charge >= 0.3 is 0 Å². The van der Waals surface area contributed by atoms with E-state index in [0.29, 0.717) is 54.7 Å². The van der Waals surface area contributed by atoms with Crippen molar-refractivity contribution in [2.75, 3.05) is 13.2 Å². The van der Waals surface area contributed by atoms with E-state index in [1.54, 1.807) is 18.2 Å². The molecule has 0 N–H and O–H groups in total. The fourth-order valence-corrected chi connectivity index (χ4v) is 3.96. The lowest BCUT2D eigenvalue weighted by atomic mass is 9.89. The van der Waals surface area contributed by atoms with E-state index in [-0.39, 0.29) is 18.6 Å². The number of terminal acetylenes is 1. The lowest BCUT2D eigenvalue weighted by Crippen LogP contribution is -2.32. The van der Waals surface area contributed by atoms with Gasteiger partial charge < -0.3 is 9.47 Å². The van der Waals surface area contributed by atoms with E-state index in [0.717, 1.165) is 25.7 Å². The molecule has 3 atom stereocenters. The summed E-state index contributed by atoms with van der Waals surface area (Å²) in [7, 11) is 0. The van der Waals surface area contributed by atoms with E-state index in [9.17, 15) is 17.6 Å². The molecule has 2 aliphatic rings. The highest BCUT2D eigenvalue weighted by Crippen LogP contribution is 2.31. The van der Waals surface area contributed by atoms with Crippen molar-refractivity contribution in [1.82, 2.24) is 0 Å². The molecule has 1 aliphatic carbocycles. The molecule has 188 valence electrons. The molecule has 34 heavy (non-hydrogen) atoms. The van der Waals surface area contributed by atoms with Crippen LogP contribution < -0.4 is 0 Å². The molecule has 0 bridgehead atoms. The van der Waals surface area contributed by atoms with Crippen molar-refractivity contribution in [2.24, 2.45) is 5.92 Å². The van der Waals surface area contributed by atoms with Crippen molar-refractivity contribution in [2.45, 2.75) is 83.6 Å². The molecule has 1 aliphatic heterocycles. The summed E-state index contributed by atoms with van der Waals surface area (Å²) in [6.07, 6.45) is 12.9. The summed E-state index contributed by atoms with van der Waals surface area (Å²) in [5.74, 6) is 1.77. The molecule has 2 nitrogen and oxygen atoms in total. The Bertz CT molecular complexity index is 826. The zero-order chi connectivity index (χ0) is 24.9. The predicted molar refractivity (Wildman–Crippen MR) is 129 cm³/mol. The minimum atomic E-state index is -1.77. The first kappa shape index (κ1) is 28.1. The van der Waals surface area contributed by atoms with Crippen LogP contribution in [0.25, 0.3) is 0 Å². The van der Waals surface area contributed by atoms with Gasteiger partial charge in [-0.3, -0.25) is 0 Å². The smallest absolute Gasteiger partial charge is 0.181 e. The number of hydrogen-bond acceptors (Lipinski definition) is 2. The zero-order valence-corrected chi connectivity index (χ0v) is 20.1. The van der Waals surface area contributed by atoms with Gasteiger partial charge in [0.25, 0.3) is 0 Å². The topological polar surface area (TPSA) is 18.5 Å². The van der Waals surface area contributed by atoms with Crippen LogP contribution in [0.1, 0.15) is 58.8 Å². The average Bonchev–Trinajstić information content (AvgIpc) is 2.85. The molecule has 0 aromatic heterocycles. The predicted octanol–water partition coefficient (Wildman–Crippen LogP) is 7.60. The third kappa shape index (κ3) is 8.60. The van der Waals surface area contributed by atoms with Gasteiger partial charge in [-0.05, 0) is 47.6 Å². The molecule has 0 amide bonds. The van der Waals surface area contributed by atoms with Gasteiger partial charge in [-0.15, -0.1) is 6.42 Å². The molecular formula is C28H36F4O2. The Balaban J connectivity index is 2.13. The maximum atomic E-state index is 14.1. The van der Waals surface area contributed by atoms with Gasteiger partial charge in [-0.1, -0.05) is 63.3 Å². The second-order valence-electron chi connectivity index (χ2n) is 8.73. The summed E-state index contributed by atoms with van der Waals surface area (Å²) >= 11 is 0. The lowest BCUT2D eigenvalue weighted by Gasteiger charge is -2.30. The Kier molecular flexibility index (Phi) is 12.4. The largest absolute Gasteiger partial charge is 0.352 e. The van der Waals surface area contributed by atoms with Crippen LogP contribution in [0.15, 0.2) is 59.0 Å². The van der Waals surface area contributed by atoms with E-state index in [1.165, 1.54) is 12.2 Å². The molecule has 1 saturated heterocycles. The number of rotatable bonds is 11. The maximum Gasteiger partial charge on any atom is 0.181 e. The van der Waals surface area contributed by atoms with Crippen LogP contribution in [-0.2, 0) is 9.47 Å². The summed E-state index contributed by atoms with van der Waals surface area (Å²) in [6.45, 7) is 4.68. The van der Waals surface area contributed by atoms with Gasteiger partial charge in [-0.2, -0.15) is 0 Å². The first-order valence-electron chi connectivity index (χ1n) is 12.1. The molecule has 6 heteroatoms. The van der Waals surface area contributed by atoms with Gasteiger partial charge in [0.05, 0.1) is 19.5 Å². The summed E-state index contributed by atoms with van der Waals surface area (Å²) in [4.78, 5) is 0. The van der Waals surface area contributed by atoms with E-state index >= 15 is 0 Å². The molecule has 3 unspecified atom stereocenters. The number of hydrogen-bond donors (Lipinski definition) is 0. The maximum absolute atomic E-state index is 14.1. The van der Waals surface area contributed by atoms with Gasteiger partial charge in [-0.25, -0.2) is 17.6 Å². The van der Waals surface area contributed by atoms with Crippen LogP contribution in [0.5, 0.6) is 0 Å². The van der Waals surface area contributed by atoms with E-state index in [2.05, 4.69) is 12.8 Å². The Labute approximate surface area is 201 Å². The van der Waals surface area contributed by atoms with Gasteiger partial charge in [0.15, 0.2) is 18.6 Å².